The molecule has 0 bridgehead atoms. The number of alkyl halides is 3. The summed E-state index contributed by atoms with van der Waals surface area (Å²) in [7, 11) is 0. The Kier molecular flexibility index (Phi) is 7.04. The number of anilines is 2. The fourth-order valence-corrected chi connectivity index (χ4v) is 2.52. The van der Waals surface area contributed by atoms with Crippen molar-refractivity contribution in [3.05, 3.63) is 40.5 Å². The van der Waals surface area contributed by atoms with Gasteiger partial charge in [0.2, 0.25) is 11.8 Å². The summed E-state index contributed by atoms with van der Waals surface area (Å²) >= 11 is 3.33. The van der Waals surface area contributed by atoms with E-state index in [9.17, 15) is 13.2 Å². The molecule has 0 fully saturated rings. The molecule has 0 radical (unpaired) electrons. The van der Waals surface area contributed by atoms with Gasteiger partial charge in [-0.25, -0.2) is 4.98 Å². The van der Waals surface area contributed by atoms with Gasteiger partial charge in [0, 0.05) is 16.4 Å². The standard InChI is InChI=1S/C17H19BrF3N3O/c1-2-3-4-5-9-25-15-14(17(19,20)21)11-22-16(24-15)23-13-8-6-7-12(18)10-13/h6-8,10-11H,2-5,9H2,1H3,(H,22,23,24). The summed E-state index contributed by atoms with van der Waals surface area (Å²) in [5.41, 5.74) is -0.314. The Morgan fingerprint density at radius 2 is 2.00 bits per heavy atom. The van der Waals surface area contributed by atoms with Gasteiger partial charge in [-0.2, -0.15) is 18.2 Å². The highest BCUT2D eigenvalue weighted by molar-refractivity contribution is 9.10. The Bertz CT molecular complexity index is 695. The molecule has 0 spiro atoms. The maximum Gasteiger partial charge on any atom is 0.423 e. The highest BCUT2D eigenvalue weighted by Crippen LogP contribution is 2.35. The van der Waals surface area contributed by atoms with E-state index >= 15 is 0 Å². The molecule has 0 saturated carbocycles. The summed E-state index contributed by atoms with van der Waals surface area (Å²) in [4.78, 5) is 7.65. The van der Waals surface area contributed by atoms with Crippen molar-refractivity contribution >= 4 is 27.6 Å². The third-order valence-corrected chi connectivity index (χ3v) is 3.87. The van der Waals surface area contributed by atoms with Crippen molar-refractivity contribution in [1.29, 1.82) is 0 Å². The predicted molar refractivity (Wildman–Crippen MR) is 94.1 cm³/mol. The van der Waals surface area contributed by atoms with Gasteiger partial charge < -0.3 is 10.1 Å². The van der Waals surface area contributed by atoms with Crippen LogP contribution in [0.4, 0.5) is 24.8 Å². The first kappa shape index (κ1) is 19.5. The second-order valence-corrected chi connectivity index (χ2v) is 6.37. The van der Waals surface area contributed by atoms with E-state index in [1.165, 1.54) is 0 Å². The lowest BCUT2D eigenvalue weighted by Gasteiger charge is -2.14. The Morgan fingerprint density at radius 3 is 2.68 bits per heavy atom. The molecule has 25 heavy (non-hydrogen) atoms. The molecule has 0 aliphatic rings. The first-order valence-electron chi connectivity index (χ1n) is 7.99. The molecule has 8 heteroatoms. The van der Waals surface area contributed by atoms with Crippen LogP contribution in [0.25, 0.3) is 0 Å². The molecule has 1 heterocycles. The molecule has 0 amide bonds. The predicted octanol–water partition coefficient (Wildman–Crippen LogP) is 5.96. The smallest absolute Gasteiger partial charge is 0.423 e. The van der Waals surface area contributed by atoms with Crippen molar-refractivity contribution in [1.82, 2.24) is 9.97 Å². The Hall–Kier alpha value is -1.83. The van der Waals surface area contributed by atoms with E-state index in [0.717, 1.165) is 29.9 Å². The van der Waals surface area contributed by atoms with Crippen molar-refractivity contribution in [2.24, 2.45) is 0 Å². The second kappa shape index (κ2) is 9.03. The monoisotopic (exact) mass is 417 g/mol. The molecule has 1 aromatic carbocycles. The van der Waals surface area contributed by atoms with Gasteiger partial charge in [0.25, 0.3) is 0 Å². The lowest BCUT2D eigenvalue weighted by atomic mass is 10.2. The van der Waals surface area contributed by atoms with Crippen LogP contribution < -0.4 is 10.1 Å². The topological polar surface area (TPSA) is 47.0 Å². The van der Waals surface area contributed by atoms with E-state index in [1.54, 1.807) is 18.2 Å². The minimum atomic E-state index is -4.56. The molecule has 1 aromatic heterocycles. The van der Waals surface area contributed by atoms with Crippen LogP contribution in [0.1, 0.15) is 38.2 Å². The maximum absolute atomic E-state index is 13.1. The van der Waals surface area contributed by atoms with Crippen LogP contribution in [0.5, 0.6) is 5.88 Å². The van der Waals surface area contributed by atoms with Crippen molar-refractivity contribution in [2.45, 2.75) is 38.8 Å². The molecule has 0 aliphatic carbocycles. The minimum Gasteiger partial charge on any atom is -0.477 e. The van der Waals surface area contributed by atoms with E-state index < -0.39 is 17.6 Å². The van der Waals surface area contributed by atoms with Crippen LogP contribution in [-0.2, 0) is 6.18 Å². The molecule has 4 nitrogen and oxygen atoms in total. The van der Waals surface area contributed by atoms with E-state index in [4.69, 9.17) is 4.74 Å². The summed E-state index contributed by atoms with van der Waals surface area (Å²) in [6, 6.07) is 7.16. The SMILES string of the molecule is CCCCCCOc1nc(Nc2cccc(Br)c2)ncc1C(F)(F)F. The van der Waals surface area contributed by atoms with E-state index in [-0.39, 0.29) is 12.6 Å². The number of hydrogen-bond donors (Lipinski definition) is 1. The number of ether oxygens (including phenoxy) is 1. The van der Waals surface area contributed by atoms with Gasteiger partial charge in [-0.05, 0) is 24.6 Å². The van der Waals surface area contributed by atoms with E-state index in [2.05, 4.69) is 38.1 Å². The zero-order valence-corrected chi connectivity index (χ0v) is 15.3. The molecule has 2 aromatic rings. The number of benzene rings is 1. The van der Waals surface area contributed by atoms with Gasteiger partial charge in [0.05, 0.1) is 6.61 Å². The number of rotatable bonds is 8. The van der Waals surface area contributed by atoms with E-state index in [1.807, 2.05) is 6.07 Å². The van der Waals surface area contributed by atoms with Gasteiger partial charge in [0.15, 0.2) is 0 Å². The van der Waals surface area contributed by atoms with Crippen LogP contribution >= 0.6 is 15.9 Å². The summed E-state index contributed by atoms with van der Waals surface area (Å²) in [6.07, 6.45) is -0.158. The second-order valence-electron chi connectivity index (χ2n) is 5.45. The number of unbranched alkanes of at least 4 members (excludes halogenated alkanes) is 3. The quantitative estimate of drug-likeness (QED) is 0.538. The Balaban J connectivity index is 2.15. The van der Waals surface area contributed by atoms with Gasteiger partial charge in [-0.15, -0.1) is 0 Å². The van der Waals surface area contributed by atoms with Crippen molar-refractivity contribution < 1.29 is 17.9 Å². The van der Waals surface area contributed by atoms with Crippen molar-refractivity contribution in [2.75, 3.05) is 11.9 Å². The molecule has 0 atom stereocenters. The van der Waals surface area contributed by atoms with Crippen LogP contribution in [-0.4, -0.2) is 16.6 Å². The lowest BCUT2D eigenvalue weighted by Crippen LogP contribution is -2.13. The van der Waals surface area contributed by atoms with Crippen LogP contribution in [0.3, 0.4) is 0 Å². The van der Waals surface area contributed by atoms with Gasteiger partial charge in [-0.3, -0.25) is 0 Å². The number of hydrogen-bond acceptors (Lipinski definition) is 4. The lowest BCUT2D eigenvalue weighted by molar-refractivity contribution is -0.139. The number of nitrogens with zero attached hydrogens (tertiary/aromatic N) is 2. The normalized spacial score (nSPS) is 11.4. The first-order chi connectivity index (χ1) is 11.9. The summed E-state index contributed by atoms with van der Waals surface area (Å²) < 4.78 is 45.4. The Labute approximate surface area is 153 Å². The number of aromatic nitrogens is 2. The van der Waals surface area contributed by atoms with Gasteiger partial charge in [-0.1, -0.05) is 48.2 Å². The molecular weight excluding hydrogens is 399 g/mol. The third-order valence-electron chi connectivity index (χ3n) is 3.38. The zero-order valence-electron chi connectivity index (χ0n) is 13.7. The zero-order chi connectivity index (χ0) is 18.3. The van der Waals surface area contributed by atoms with Gasteiger partial charge in [0.1, 0.15) is 5.56 Å². The highest BCUT2D eigenvalue weighted by Gasteiger charge is 2.36. The average Bonchev–Trinajstić information content (AvgIpc) is 2.54. The fraction of sp³-hybridized carbons (Fsp3) is 0.412. The first-order valence-corrected chi connectivity index (χ1v) is 8.79. The maximum atomic E-state index is 13.1. The number of nitrogens with one attached hydrogen (secondary N) is 1. The molecule has 2 rings (SSSR count). The largest absolute Gasteiger partial charge is 0.477 e. The Morgan fingerprint density at radius 1 is 1.20 bits per heavy atom. The fourth-order valence-electron chi connectivity index (χ4n) is 2.12. The molecule has 0 aliphatic heterocycles. The van der Waals surface area contributed by atoms with Crippen LogP contribution in [0.15, 0.2) is 34.9 Å². The van der Waals surface area contributed by atoms with Crippen molar-refractivity contribution in [3.63, 3.8) is 0 Å². The molecule has 136 valence electrons. The molecule has 0 unspecified atom stereocenters. The average molecular weight is 418 g/mol. The summed E-state index contributed by atoms with van der Waals surface area (Å²) in [6.45, 7) is 2.25. The van der Waals surface area contributed by atoms with Gasteiger partial charge >= 0.3 is 6.18 Å². The van der Waals surface area contributed by atoms with Crippen LogP contribution in [0.2, 0.25) is 0 Å². The number of halogens is 4. The van der Waals surface area contributed by atoms with Crippen LogP contribution in [0, 0.1) is 0 Å². The van der Waals surface area contributed by atoms with Crippen molar-refractivity contribution in [3.8, 4) is 5.88 Å². The summed E-state index contributed by atoms with van der Waals surface area (Å²) in [5.74, 6) is -0.397. The third kappa shape index (κ3) is 6.19. The minimum absolute atomic E-state index is 0.0506. The molecule has 1 N–H and O–H groups in total. The molecule has 0 saturated heterocycles. The highest BCUT2D eigenvalue weighted by atomic mass is 79.9. The molecular formula is C17H19BrF3N3O. The summed E-state index contributed by atoms with van der Waals surface area (Å²) in [5, 5.41) is 2.87. The van der Waals surface area contributed by atoms with E-state index in [0.29, 0.717) is 12.1 Å².